The molecule has 0 N–H and O–H groups in total. The Hall–Kier alpha value is -0.0900. The van der Waals surface area contributed by atoms with Crippen LogP contribution in [0.5, 0.6) is 0 Å². The lowest BCUT2D eigenvalue weighted by Crippen LogP contribution is -2.35. The molecule has 1 fully saturated rings. The maximum Gasteiger partial charge on any atom is 0.0238 e. The summed E-state index contributed by atoms with van der Waals surface area (Å²) in [5, 5.41) is 0. The molecule has 0 bridgehead atoms. The molecule has 1 aromatic carbocycles. The number of likely N-dealkylation sites (tertiary alicyclic amines) is 1. The number of hydrogen-bond donors (Lipinski definition) is 0. The predicted octanol–water partition coefficient (Wildman–Crippen LogP) is 3.09. The van der Waals surface area contributed by atoms with Gasteiger partial charge in [-0.1, -0.05) is 52.9 Å². The number of rotatable bonds is 2. The van der Waals surface area contributed by atoms with Crippen molar-refractivity contribution in [2.75, 3.05) is 13.1 Å². The van der Waals surface area contributed by atoms with Crippen molar-refractivity contribution in [2.24, 2.45) is 0 Å². The number of hydrogen-bond acceptors (Lipinski definition) is 1. The molecular weight excluding hydrogens is 285 g/mol. The van der Waals surface area contributed by atoms with E-state index >= 15 is 0 Å². The molecule has 1 aliphatic heterocycles. The lowest BCUT2D eigenvalue weighted by atomic mass is 10.1. The van der Waals surface area contributed by atoms with Crippen LogP contribution < -0.4 is 0 Å². The number of benzene rings is 1. The summed E-state index contributed by atoms with van der Waals surface area (Å²) in [6, 6.07) is 10.8. The second kappa shape index (κ2) is 5.12. The van der Waals surface area contributed by atoms with E-state index in [1.165, 1.54) is 31.5 Å². The number of nitrogens with zero attached hydrogens (tertiary/aromatic N) is 1. The van der Waals surface area contributed by atoms with Gasteiger partial charge in [0.1, 0.15) is 0 Å². The zero-order valence-electron chi connectivity index (χ0n) is 8.32. The van der Waals surface area contributed by atoms with Gasteiger partial charge in [-0.15, -0.1) is 0 Å². The van der Waals surface area contributed by atoms with Crippen molar-refractivity contribution >= 4 is 22.6 Å². The minimum Gasteiger partial charge on any atom is -0.298 e. The Kier molecular flexibility index (Phi) is 3.81. The fourth-order valence-corrected chi connectivity index (χ4v) is 2.98. The Labute approximate surface area is 99.6 Å². The molecule has 1 unspecified atom stereocenters. The van der Waals surface area contributed by atoms with Gasteiger partial charge in [-0.25, -0.2) is 0 Å². The van der Waals surface area contributed by atoms with E-state index in [4.69, 9.17) is 0 Å². The van der Waals surface area contributed by atoms with Crippen molar-refractivity contribution in [1.29, 1.82) is 0 Å². The van der Waals surface area contributed by atoms with Gasteiger partial charge in [0, 0.05) is 17.0 Å². The minimum atomic E-state index is 0.852. The van der Waals surface area contributed by atoms with Gasteiger partial charge in [0.05, 0.1) is 0 Å². The van der Waals surface area contributed by atoms with Crippen LogP contribution in [-0.4, -0.2) is 21.9 Å². The highest BCUT2D eigenvalue weighted by Crippen LogP contribution is 2.18. The first-order valence-electron chi connectivity index (χ1n) is 5.25. The van der Waals surface area contributed by atoms with Crippen molar-refractivity contribution in [1.82, 2.24) is 4.90 Å². The lowest BCUT2D eigenvalue weighted by molar-refractivity contribution is 0.230. The van der Waals surface area contributed by atoms with Gasteiger partial charge in [0.15, 0.2) is 0 Å². The van der Waals surface area contributed by atoms with E-state index < -0.39 is 0 Å². The molecule has 1 nitrogen and oxygen atoms in total. The van der Waals surface area contributed by atoms with Crippen LogP contribution in [0.25, 0.3) is 0 Å². The van der Waals surface area contributed by atoms with Crippen LogP contribution in [0.1, 0.15) is 18.4 Å². The molecule has 1 saturated heterocycles. The molecular formula is C12H16IN. The number of alkyl halides is 1. The van der Waals surface area contributed by atoms with Crippen LogP contribution in [0, 0.1) is 0 Å². The molecule has 0 aromatic heterocycles. The smallest absolute Gasteiger partial charge is 0.0238 e. The van der Waals surface area contributed by atoms with Gasteiger partial charge in [-0.3, -0.25) is 4.90 Å². The van der Waals surface area contributed by atoms with E-state index in [0.29, 0.717) is 0 Å². The summed E-state index contributed by atoms with van der Waals surface area (Å²) in [4.78, 5) is 2.57. The maximum atomic E-state index is 2.57. The van der Waals surface area contributed by atoms with Gasteiger partial charge < -0.3 is 0 Å². The quantitative estimate of drug-likeness (QED) is 0.599. The molecule has 0 saturated carbocycles. The van der Waals surface area contributed by atoms with Gasteiger partial charge in [-0.05, 0) is 24.9 Å². The molecule has 2 heteroatoms. The molecule has 1 heterocycles. The highest BCUT2D eigenvalue weighted by Gasteiger charge is 2.16. The fourth-order valence-electron chi connectivity index (χ4n) is 1.98. The molecule has 0 amide bonds. The fraction of sp³-hybridized carbons (Fsp3) is 0.500. The van der Waals surface area contributed by atoms with E-state index in [1.807, 2.05) is 0 Å². The highest BCUT2D eigenvalue weighted by molar-refractivity contribution is 14.1. The largest absolute Gasteiger partial charge is 0.298 e. The molecule has 1 aromatic rings. The van der Waals surface area contributed by atoms with Crippen LogP contribution in [0.15, 0.2) is 30.3 Å². The number of piperidine rings is 1. The van der Waals surface area contributed by atoms with Crippen molar-refractivity contribution in [3.8, 4) is 0 Å². The summed E-state index contributed by atoms with van der Waals surface area (Å²) in [6.07, 6.45) is 2.76. The van der Waals surface area contributed by atoms with Gasteiger partial charge in [0.2, 0.25) is 0 Å². The topological polar surface area (TPSA) is 3.24 Å². The van der Waals surface area contributed by atoms with E-state index in [9.17, 15) is 0 Å². The standard InChI is InChI=1S/C12H16IN/c13-12-7-4-8-14(10-12)9-11-5-2-1-3-6-11/h1-3,5-6,12H,4,7-10H2. The van der Waals surface area contributed by atoms with E-state index in [-0.39, 0.29) is 0 Å². The van der Waals surface area contributed by atoms with Crippen LogP contribution in [-0.2, 0) is 6.54 Å². The third kappa shape index (κ3) is 2.95. The Morgan fingerprint density at radius 2 is 2.07 bits per heavy atom. The van der Waals surface area contributed by atoms with Crippen LogP contribution in [0.2, 0.25) is 0 Å². The zero-order valence-corrected chi connectivity index (χ0v) is 10.5. The molecule has 2 rings (SSSR count). The SMILES string of the molecule is IC1CCCN(Cc2ccccc2)C1. The van der Waals surface area contributed by atoms with Crippen molar-refractivity contribution in [3.05, 3.63) is 35.9 Å². The van der Waals surface area contributed by atoms with Crippen molar-refractivity contribution in [3.63, 3.8) is 0 Å². The van der Waals surface area contributed by atoms with E-state index in [1.54, 1.807) is 0 Å². The van der Waals surface area contributed by atoms with Crippen LogP contribution in [0.3, 0.4) is 0 Å². The molecule has 1 atom stereocenters. The summed E-state index contributed by atoms with van der Waals surface area (Å²) in [7, 11) is 0. The molecule has 0 radical (unpaired) electrons. The summed E-state index contributed by atoms with van der Waals surface area (Å²) in [6.45, 7) is 3.66. The molecule has 1 aliphatic rings. The predicted molar refractivity (Wildman–Crippen MR) is 68.8 cm³/mol. The van der Waals surface area contributed by atoms with E-state index in [2.05, 4.69) is 57.8 Å². The van der Waals surface area contributed by atoms with Crippen molar-refractivity contribution in [2.45, 2.75) is 23.3 Å². The summed E-state index contributed by atoms with van der Waals surface area (Å²) in [5.74, 6) is 0. The Morgan fingerprint density at radius 1 is 1.29 bits per heavy atom. The summed E-state index contributed by atoms with van der Waals surface area (Å²) >= 11 is 2.57. The molecule has 76 valence electrons. The zero-order chi connectivity index (χ0) is 9.80. The van der Waals surface area contributed by atoms with E-state index in [0.717, 1.165) is 10.5 Å². The lowest BCUT2D eigenvalue weighted by Gasteiger charge is -2.29. The van der Waals surface area contributed by atoms with Gasteiger partial charge in [0.25, 0.3) is 0 Å². The second-order valence-electron chi connectivity index (χ2n) is 3.96. The Balaban J connectivity index is 1.91. The average Bonchev–Trinajstić information content (AvgIpc) is 2.19. The van der Waals surface area contributed by atoms with Crippen LogP contribution in [0.4, 0.5) is 0 Å². The van der Waals surface area contributed by atoms with Gasteiger partial charge in [-0.2, -0.15) is 0 Å². The highest BCUT2D eigenvalue weighted by atomic mass is 127. The second-order valence-corrected chi connectivity index (χ2v) is 5.72. The summed E-state index contributed by atoms with van der Waals surface area (Å²) < 4.78 is 0.852. The monoisotopic (exact) mass is 301 g/mol. The third-order valence-corrected chi connectivity index (χ3v) is 3.71. The molecule has 0 aliphatic carbocycles. The molecule has 14 heavy (non-hydrogen) atoms. The first-order valence-corrected chi connectivity index (χ1v) is 6.49. The molecule has 0 spiro atoms. The summed E-state index contributed by atoms with van der Waals surface area (Å²) in [5.41, 5.74) is 1.44. The Morgan fingerprint density at radius 3 is 2.79 bits per heavy atom. The average molecular weight is 301 g/mol. The number of halogens is 1. The maximum absolute atomic E-state index is 2.57. The van der Waals surface area contributed by atoms with Gasteiger partial charge >= 0.3 is 0 Å². The minimum absolute atomic E-state index is 0.852. The normalized spacial score (nSPS) is 23.6. The first kappa shape index (κ1) is 10.4. The van der Waals surface area contributed by atoms with Crippen LogP contribution >= 0.6 is 22.6 Å². The van der Waals surface area contributed by atoms with Crippen molar-refractivity contribution < 1.29 is 0 Å². The third-order valence-electron chi connectivity index (χ3n) is 2.70. The Bertz CT molecular complexity index is 273. The first-order chi connectivity index (χ1) is 6.84.